The molecule has 4 aliphatic carbocycles. The van der Waals surface area contributed by atoms with Crippen molar-refractivity contribution in [3.63, 3.8) is 0 Å². The van der Waals surface area contributed by atoms with Crippen LogP contribution >= 0.6 is 0 Å². The van der Waals surface area contributed by atoms with Crippen molar-refractivity contribution in [1.29, 1.82) is 0 Å². The lowest BCUT2D eigenvalue weighted by Gasteiger charge is -2.22. The molecule has 70 heavy (non-hydrogen) atoms. The third-order valence-corrected chi connectivity index (χ3v) is 18.5. The molecule has 0 heteroatoms. The summed E-state index contributed by atoms with van der Waals surface area (Å²) < 4.78 is 0. The third-order valence-electron chi connectivity index (χ3n) is 18.5. The standard InChI is InChI=1S/4C7H14.6C7H16/c1-6-3-4-7(2)5-6;1-7(2)5-3-4-6-7;1-6-4-3-5-7(6)2;1-7-5-3-2-4-6-7;1-6(2)7(3,4)5;1-5-7(3,4)6-2;2*1-5-7(4)6(2)3;1-4-6-7(3)5-2;1-4-7(5-2)6-3/h6-7H,3-5H2,1-2H3;3-6H2,1-2H3;6-7H,3-5H2,1-2H3;7H,2-6H2,1H3;6H,1-5H3;5-6H2,1-4H3;2*6-7H,5H2,1-4H3;2*7H,4-6H2,1-3H3/t6-,7?;;6-,7?;;;;;;;/m1.1......./s1. The normalized spacial score (nSPS) is 21.7. The molecule has 0 aromatic heterocycles. The largest absolute Gasteiger partial charge is 0.0654 e. The van der Waals surface area contributed by atoms with Gasteiger partial charge in [-0.3, -0.25) is 0 Å². The second-order valence-electron chi connectivity index (χ2n) is 28.1. The summed E-state index contributed by atoms with van der Waals surface area (Å²) in [5.74, 6) is 11.4. The Kier molecular flexibility index (Phi) is 59.4. The van der Waals surface area contributed by atoms with E-state index in [0.717, 1.165) is 71.0 Å². The zero-order valence-electron chi connectivity index (χ0n) is 56.1. The fourth-order valence-electron chi connectivity index (χ4n) is 8.22. The molecule has 4 aliphatic rings. The molecule has 0 heterocycles. The highest BCUT2D eigenvalue weighted by Gasteiger charge is 2.22. The van der Waals surface area contributed by atoms with Crippen LogP contribution in [-0.2, 0) is 0 Å². The average molecular weight is 994 g/mol. The fraction of sp³-hybridized carbons (Fsp3) is 1.00. The second kappa shape index (κ2) is 51.1. The van der Waals surface area contributed by atoms with Crippen molar-refractivity contribution in [3.05, 3.63) is 0 Å². The first kappa shape index (κ1) is 81.4. The summed E-state index contributed by atoms with van der Waals surface area (Å²) in [6, 6.07) is 0. The Balaban J connectivity index is -0.000000163. The molecule has 4 saturated carbocycles. The molecule has 0 N–H and O–H groups in total. The summed E-state index contributed by atoms with van der Waals surface area (Å²) in [5, 5.41) is 0. The minimum absolute atomic E-state index is 0.500. The van der Waals surface area contributed by atoms with Gasteiger partial charge in [0.15, 0.2) is 0 Å². The zero-order valence-corrected chi connectivity index (χ0v) is 56.1. The molecule has 432 valence electrons. The van der Waals surface area contributed by atoms with Crippen LogP contribution in [0, 0.1) is 87.3 Å². The maximum atomic E-state index is 2.36. The Hall–Kier alpha value is 0. The molecule has 0 amide bonds. The van der Waals surface area contributed by atoms with Crippen molar-refractivity contribution in [1.82, 2.24) is 0 Å². The van der Waals surface area contributed by atoms with Gasteiger partial charge in [-0.2, -0.15) is 0 Å². The highest BCUT2D eigenvalue weighted by Crippen LogP contribution is 2.36. The maximum absolute atomic E-state index is 2.36. The second-order valence-corrected chi connectivity index (χ2v) is 28.1. The van der Waals surface area contributed by atoms with Gasteiger partial charge in [-0.15, -0.1) is 0 Å². The van der Waals surface area contributed by atoms with Gasteiger partial charge < -0.3 is 0 Å². The van der Waals surface area contributed by atoms with Crippen LogP contribution in [0.25, 0.3) is 0 Å². The number of hydrogen-bond donors (Lipinski definition) is 0. The lowest BCUT2D eigenvalue weighted by atomic mass is 9.84. The average Bonchev–Trinajstić information content (AvgIpc) is 4.03. The molecule has 0 spiro atoms. The van der Waals surface area contributed by atoms with E-state index in [1.165, 1.54) is 161 Å². The molecule has 0 aliphatic heterocycles. The molecule has 7 atom stereocenters. The summed E-state index contributed by atoms with van der Waals surface area (Å²) in [5.41, 5.74) is 1.78. The minimum Gasteiger partial charge on any atom is -0.0654 e. The first-order chi connectivity index (χ1) is 32.3. The van der Waals surface area contributed by atoms with Crippen molar-refractivity contribution in [3.8, 4) is 0 Å². The van der Waals surface area contributed by atoms with Gasteiger partial charge >= 0.3 is 0 Å². The molecule has 0 nitrogen and oxygen atoms in total. The van der Waals surface area contributed by atoms with Crippen LogP contribution in [0.2, 0.25) is 0 Å². The molecule has 4 rings (SSSR count). The lowest BCUT2D eigenvalue weighted by molar-refractivity contribution is 0.283. The SMILES string of the molecule is CC(C)C(C)(C)C.CC1(C)CCCC1.CC1CCCCC1.CC1CCC[C@H]1C.CC1CC[C@@H](C)C1.CCC(C)(C)CC.CCC(C)C(C)C.CCC(C)C(C)C.CCC(CC)CC.CCCC(C)CC. The van der Waals surface area contributed by atoms with Gasteiger partial charge in [-0.25, -0.2) is 0 Å². The summed E-state index contributed by atoms with van der Waals surface area (Å²) >= 11 is 0. The van der Waals surface area contributed by atoms with Gasteiger partial charge in [0.25, 0.3) is 0 Å². The summed E-state index contributed by atoms with van der Waals surface area (Å²) in [6.07, 6.45) is 35.5. The van der Waals surface area contributed by atoms with Crippen LogP contribution in [0.3, 0.4) is 0 Å². The topological polar surface area (TPSA) is 0 Å². The summed E-state index contributed by atoms with van der Waals surface area (Å²) in [4.78, 5) is 0. The molecule has 5 unspecified atom stereocenters. The van der Waals surface area contributed by atoms with Gasteiger partial charge in [-0.05, 0) is 107 Å². The van der Waals surface area contributed by atoms with Crippen LogP contribution in [-0.4, -0.2) is 0 Å². The molecule has 0 bridgehead atoms. The first-order valence-electron chi connectivity index (χ1n) is 32.3. The van der Waals surface area contributed by atoms with Crippen molar-refractivity contribution in [2.24, 2.45) is 87.3 Å². The van der Waals surface area contributed by atoms with Crippen LogP contribution < -0.4 is 0 Å². The molecular formula is C70H152. The van der Waals surface area contributed by atoms with Crippen LogP contribution in [0.1, 0.15) is 368 Å². The first-order valence-corrected chi connectivity index (χ1v) is 32.3. The Morgan fingerprint density at radius 2 is 0.786 bits per heavy atom. The lowest BCUT2D eigenvalue weighted by Crippen LogP contribution is -2.12. The van der Waals surface area contributed by atoms with E-state index in [1.54, 1.807) is 0 Å². The Morgan fingerprint density at radius 3 is 0.871 bits per heavy atom. The molecule has 0 radical (unpaired) electrons. The van der Waals surface area contributed by atoms with Crippen molar-refractivity contribution in [2.45, 2.75) is 368 Å². The molecule has 4 fully saturated rings. The van der Waals surface area contributed by atoms with Crippen LogP contribution in [0.5, 0.6) is 0 Å². The summed E-state index contributed by atoms with van der Waals surface area (Å²) in [7, 11) is 0. The highest BCUT2D eigenvalue weighted by atomic mass is 14.3. The van der Waals surface area contributed by atoms with Gasteiger partial charge in [-0.1, -0.05) is 349 Å². The van der Waals surface area contributed by atoms with Crippen molar-refractivity contribution < 1.29 is 0 Å². The highest BCUT2D eigenvalue weighted by molar-refractivity contribution is 4.74. The number of rotatable bonds is 12. The quantitative estimate of drug-likeness (QED) is 0.183. The Morgan fingerprint density at radius 1 is 0.429 bits per heavy atom. The van der Waals surface area contributed by atoms with Gasteiger partial charge in [0.1, 0.15) is 0 Å². The van der Waals surface area contributed by atoms with Crippen molar-refractivity contribution >= 4 is 0 Å². The Labute approximate surface area is 453 Å². The predicted octanol–water partition coefficient (Wildman–Crippen LogP) is 26.6. The Bertz CT molecular complexity index is 894. The monoisotopic (exact) mass is 993 g/mol. The van der Waals surface area contributed by atoms with E-state index in [1.807, 2.05) is 0 Å². The molecular weight excluding hydrogens is 841 g/mol. The smallest absolute Gasteiger partial charge is 0.0354 e. The van der Waals surface area contributed by atoms with E-state index < -0.39 is 0 Å². The van der Waals surface area contributed by atoms with Crippen LogP contribution in [0.15, 0.2) is 0 Å². The van der Waals surface area contributed by atoms with Gasteiger partial charge in [0.2, 0.25) is 0 Å². The summed E-state index contributed by atoms with van der Waals surface area (Å²) in [6.45, 7) is 68.6. The predicted molar refractivity (Wildman–Crippen MR) is 335 cm³/mol. The van der Waals surface area contributed by atoms with E-state index in [9.17, 15) is 0 Å². The minimum atomic E-state index is 0.500. The van der Waals surface area contributed by atoms with E-state index >= 15 is 0 Å². The van der Waals surface area contributed by atoms with Crippen LogP contribution in [0.4, 0.5) is 0 Å². The number of hydrogen-bond acceptors (Lipinski definition) is 0. The van der Waals surface area contributed by atoms with E-state index in [0.29, 0.717) is 16.2 Å². The van der Waals surface area contributed by atoms with Crippen molar-refractivity contribution in [2.75, 3.05) is 0 Å². The van der Waals surface area contributed by atoms with E-state index in [-0.39, 0.29) is 0 Å². The van der Waals surface area contributed by atoms with E-state index in [2.05, 4.69) is 208 Å². The fourth-order valence-corrected chi connectivity index (χ4v) is 8.22. The van der Waals surface area contributed by atoms with Gasteiger partial charge in [0.05, 0.1) is 0 Å². The molecule has 0 aromatic rings. The van der Waals surface area contributed by atoms with Gasteiger partial charge in [0, 0.05) is 0 Å². The zero-order chi connectivity index (χ0) is 56.1. The maximum Gasteiger partial charge on any atom is -0.0354 e. The third kappa shape index (κ3) is 60.6. The molecule has 0 aromatic carbocycles. The molecule has 0 saturated heterocycles. The van der Waals surface area contributed by atoms with E-state index in [4.69, 9.17) is 0 Å².